The van der Waals surface area contributed by atoms with Crippen molar-refractivity contribution in [3.8, 4) is 5.75 Å². The number of benzene rings is 1. The number of fused-ring (bicyclic) bond motifs is 1. The molecule has 1 saturated carbocycles. The fraction of sp³-hybridized carbons (Fsp3) is 0.556. The highest BCUT2D eigenvalue weighted by atomic mass is 16.5. The lowest BCUT2D eigenvalue weighted by molar-refractivity contribution is 0.0951. The van der Waals surface area contributed by atoms with Gasteiger partial charge in [0.2, 0.25) is 0 Å². The van der Waals surface area contributed by atoms with E-state index < -0.39 is 0 Å². The molecule has 4 rings (SSSR count). The van der Waals surface area contributed by atoms with Crippen molar-refractivity contribution in [3.05, 3.63) is 23.8 Å². The van der Waals surface area contributed by atoms with E-state index in [1.54, 1.807) is 25.3 Å². The summed E-state index contributed by atoms with van der Waals surface area (Å²) in [7, 11) is 1.56. The van der Waals surface area contributed by atoms with Gasteiger partial charge in [0.1, 0.15) is 5.75 Å². The van der Waals surface area contributed by atoms with Gasteiger partial charge in [-0.3, -0.25) is 4.79 Å². The molecule has 0 spiro atoms. The van der Waals surface area contributed by atoms with Crippen LogP contribution < -0.4 is 20.7 Å². The van der Waals surface area contributed by atoms with E-state index in [0.717, 1.165) is 39.0 Å². The van der Waals surface area contributed by atoms with Crippen LogP contribution in [-0.4, -0.2) is 56.2 Å². The van der Waals surface area contributed by atoms with Gasteiger partial charge in [0.25, 0.3) is 5.91 Å². The Kier molecular flexibility index (Phi) is 4.25. The molecule has 3 aliphatic rings. The first-order valence-corrected chi connectivity index (χ1v) is 8.89. The van der Waals surface area contributed by atoms with Crippen LogP contribution in [0.5, 0.6) is 5.75 Å². The Morgan fingerprint density at radius 1 is 1.20 bits per heavy atom. The minimum absolute atomic E-state index is 0.109. The van der Waals surface area contributed by atoms with Gasteiger partial charge in [-0.05, 0) is 42.9 Å². The van der Waals surface area contributed by atoms with Crippen molar-refractivity contribution in [1.82, 2.24) is 15.5 Å². The van der Waals surface area contributed by atoms with Crippen LogP contribution in [0.1, 0.15) is 23.2 Å². The van der Waals surface area contributed by atoms with Crippen LogP contribution in [0.4, 0.5) is 10.5 Å². The molecule has 7 nitrogen and oxygen atoms in total. The minimum atomic E-state index is -0.132. The Morgan fingerprint density at radius 2 is 1.92 bits per heavy atom. The van der Waals surface area contributed by atoms with Crippen molar-refractivity contribution in [1.29, 1.82) is 0 Å². The molecule has 7 heteroatoms. The predicted molar refractivity (Wildman–Crippen MR) is 93.9 cm³/mol. The molecule has 3 amide bonds. The number of amides is 3. The number of nitrogens with one attached hydrogen (secondary N) is 3. The molecule has 0 bridgehead atoms. The van der Waals surface area contributed by atoms with E-state index in [0.29, 0.717) is 34.9 Å². The molecule has 0 unspecified atom stereocenters. The Hall–Kier alpha value is -2.28. The molecular weight excluding hydrogens is 320 g/mol. The Balaban J connectivity index is 1.46. The summed E-state index contributed by atoms with van der Waals surface area (Å²) in [4.78, 5) is 26.7. The summed E-state index contributed by atoms with van der Waals surface area (Å²) in [6, 6.07) is 5.29. The monoisotopic (exact) mass is 344 g/mol. The number of urea groups is 1. The third kappa shape index (κ3) is 3.42. The van der Waals surface area contributed by atoms with E-state index in [4.69, 9.17) is 4.74 Å². The van der Waals surface area contributed by atoms with E-state index in [-0.39, 0.29) is 11.9 Å². The third-order valence-electron chi connectivity index (χ3n) is 5.29. The van der Waals surface area contributed by atoms with Crippen molar-refractivity contribution < 1.29 is 14.3 Å². The molecule has 0 aromatic heterocycles. The highest BCUT2D eigenvalue weighted by molar-refractivity contribution is 5.98. The average Bonchev–Trinajstić information content (AvgIpc) is 3.15. The zero-order chi connectivity index (χ0) is 17.4. The zero-order valence-electron chi connectivity index (χ0n) is 14.4. The van der Waals surface area contributed by atoms with Gasteiger partial charge in [-0.15, -0.1) is 0 Å². The first-order chi connectivity index (χ1) is 12.1. The topological polar surface area (TPSA) is 82.7 Å². The molecule has 25 heavy (non-hydrogen) atoms. The Labute approximate surface area is 147 Å². The lowest BCUT2D eigenvalue weighted by Crippen LogP contribution is -2.35. The largest absolute Gasteiger partial charge is 0.495 e. The smallest absolute Gasteiger partial charge is 0.321 e. The molecular formula is C18H24N4O3. The van der Waals surface area contributed by atoms with Gasteiger partial charge >= 0.3 is 6.03 Å². The summed E-state index contributed by atoms with van der Waals surface area (Å²) in [5.41, 5.74) is 1.07. The summed E-state index contributed by atoms with van der Waals surface area (Å²) >= 11 is 0. The van der Waals surface area contributed by atoms with Gasteiger partial charge in [0, 0.05) is 37.8 Å². The van der Waals surface area contributed by atoms with Crippen LogP contribution in [-0.2, 0) is 0 Å². The molecule has 3 N–H and O–H groups in total. The van der Waals surface area contributed by atoms with Gasteiger partial charge in [-0.1, -0.05) is 0 Å². The number of hydrogen-bond donors (Lipinski definition) is 3. The van der Waals surface area contributed by atoms with Gasteiger partial charge in [0.15, 0.2) is 0 Å². The maximum atomic E-state index is 12.6. The quantitative estimate of drug-likeness (QED) is 0.768. The lowest BCUT2D eigenvalue weighted by atomic mass is 10.0. The number of hydrogen-bond acceptors (Lipinski definition) is 4. The first kappa shape index (κ1) is 16.2. The molecule has 0 radical (unpaired) electrons. The number of rotatable bonds is 4. The molecule has 1 aliphatic carbocycles. The second-order valence-electron chi connectivity index (χ2n) is 7.18. The van der Waals surface area contributed by atoms with Crippen LogP contribution in [0.3, 0.4) is 0 Å². The van der Waals surface area contributed by atoms with Crippen molar-refractivity contribution in [2.24, 2.45) is 11.8 Å². The van der Waals surface area contributed by atoms with Crippen LogP contribution in [0.2, 0.25) is 0 Å². The highest BCUT2D eigenvalue weighted by Gasteiger charge is 2.38. The van der Waals surface area contributed by atoms with E-state index in [2.05, 4.69) is 16.0 Å². The Morgan fingerprint density at radius 3 is 2.56 bits per heavy atom. The maximum absolute atomic E-state index is 12.6. The Bertz CT molecular complexity index is 677. The molecule has 134 valence electrons. The van der Waals surface area contributed by atoms with Crippen LogP contribution in [0.25, 0.3) is 0 Å². The van der Waals surface area contributed by atoms with E-state index in [9.17, 15) is 9.59 Å². The van der Waals surface area contributed by atoms with Gasteiger partial charge in [-0.2, -0.15) is 0 Å². The minimum Gasteiger partial charge on any atom is -0.495 e. The molecule has 1 aromatic rings. The zero-order valence-corrected chi connectivity index (χ0v) is 14.4. The molecule has 2 heterocycles. The van der Waals surface area contributed by atoms with E-state index in [1.165, 1.54) is 0 Å². The van der Waals surface area contributed by atoms with Crippen molar-refractivity contribution in [3.63, 3.8) is 0 Å². The molecule has 2 saturated heterocycles. The summed E-state index contributed by atoms with van der Waals surface area (Å²) in [6.07, 6.45) is 2.08. The van der Waals surface area contributed by atoms with Gasteiger partial charge in [0.05, 0.1) is 12.8 Å². The van der Waals surface area contributed by atoms with Crippen LogP contribution >= 0.6 is 0 Å². The average molecular weight is 344 g/mol. The van der Waals surface area contributed by atoms with Crippen LogP contribution in [0.15, 0.2) is 18.2 Å². The number of methoxy groups -OCH3 is 1. The fourth-order valence-corrected chi connectivity index (χ4v) is 3.66. The SMILES string of the molecule is COc1ccc(C(=O)NC2CC2)cc1NC(=O)N1C[C@H]2CNC[C@H]2C1. The van der Waals surface area contributed by atoms with E-state index in [1.807, 2.05) is 4.90 Å². The normalized spacial score (nSPS) is 24.8. The number of carbonyl (C=O) groups excluding carboxylic acids is 2. The molecule has 3 fully saturated rings. The first-order valence-electron chi connectivity index (χ1n) is 8.89. The number of anilines is 1. The van der Waals surface area contributed by atoms with Gasteiger partial charge < -0.3 is 25.6 Å². The van der Waals surface area contributed by atoms with Crippen molar-refractivity contribution in [2.45, 2.75) is 18.9 Å². The molecule has 1 aromatic carbocycles. The van der Waals surface area contributed by atoms with Gasteiger partial charge in [-0.25, -0.2) is 4.79 Å². The molecule has 2 atom stereocenters. The lowest BCUT2D eigenvalue weighted by Gasteiger charge is -2.19. The predicted octanol–water partition coefficient (Wildman–Crippen LogP) is 1.27. The summed E-state index contributed by atoms with van der Waals surface area (Å²) in [5, 5.41) is 9.25. The fourth-order valence-electron chi connectivity index (χ4n) is 3.66. The second-order valence-corrected chi connectivity index (χ2v) is 7.18. The van der Waals surface area contributed by atoms with Crippen molar-refractivity contribution in [2.75, 3.05) is 38.6 Å². The number of nitrogens with zero attached hydrogens (tertiary/aromatic N) is 1. The number of ether oxygens (including phenoxy) is 1. The molecule has 2 aliphatic heterocycles. The number of likely N-dealkylation sites (tertiary alicyclic amines) is 1. The summed E-state index contributed by atoms with van der Waals surface area (Å²) < 4.78 is 5.34. The number of carbonyl (C=O) groups is 2. The second kappa shape index (κ2) is 6.55. The third-order valence-corrected chi connectivity index (χ3v) is 5.29. The standard InChI is InChI=1S/C18H24N4O3/c1-25-16-5-2-11(17(23)20-14-3-4-14)6-15(16)21-18(24)22-9-12-7-19-8-13(12)10-22/h2,5-6,12-14,19H,3-4,7-10H2,1H3,(H,20,23)(H,21,24)/t12-,13+. The van der Waals surface area contributed by atoms with Crippen LogP contribution in [0, 0.1) is 11.8 Å². The highest BCUT2D eigenvalue weighted by Crippen LogP contribution is 2.29. The maximum Gasteiger partial charge on any atom is 0.321 e. The van der Waals surface area contributed by atoms with E-state index >= 15 is 0 Å². The van der Waals surface area contributed by atoms with Crippen molar-refractivity contribution >= 4 is 17.6 Å². The summed E-state index contributed by atoms with van der Waals surface area (Å²) in [5.74, 6) is 1.53. The summed E-state index contributed by atoms with van der Waals surface area (Å²) in [6.45, 7) is 3.50.